The Morgan fingerprint density at radius 2 is 2.18 bits per heavy atom. The van der Waals surface area contributed by atoms with E-state index in [-0.39, 0.29) is 18.1 Å². The lowest BCUT2D eigenvalue weighted by Gasteiger charge is -1.96. The van der Waals surface area contributed by atoms with E-state index in [1.54, 1.807) is 0 Å². The van der Waals surface area contributed by atoms with Crippen molar-refractivity contribution in [1.82, 2.24) is 0 Å². The highest BCUT2D eigenvalue weighted by Crippen LogP contribution is 2.01. The minimum atomic E-state index is -0.861. The Balaban J connectivity index is 3.14. The molecule has 0 radical (unpaired) electrons. The summed E-state index contributed by atoms with van der Waals surface area (Å²) < 4.78 is 4.36. The molecule has 5 heteroatoms. The second-order valence-corrected chi connectivity index (χ2v) is 2.88. The zero-order valence-corrected chi connectivity index (χ0v) is 7.02. The first kappa shape index (κ1) is 10.3. The number of hydrogen-bond acceptors (Lipinski definition) is 4. The van der Waals surface area contributed by atoms with Crippen LogP contribution in [0.15, 0.2) is 0 Å². The summed E-state index contributed by atoms with van der Waals surface area (Å²) in [6.45, 7) is 0. The van der Waals surface area contributed by atoms with Crippen LogP contribution in [0.25, 0.3) is 0 Å². The standard InChI is InChI=1S/C6H10O4S/c1-10-6(9)2-3-11-4-5(7)8/h2-4H2,1H3,(H,7,8). The number of carboxylic acid groups (broad SMARTS) is 1. The highest BCUT2D eigenvalue weighted by molar-refractivity contribution is 7.99. The van der Waals surface area contributed by atoms with Crippen LogP contribution >= 0.6 is 11.8 Å². The van der Waals surface area contributed by atoms with Gasteiger partial charge in [-0.05, 0) is 0 Å². The summed E-state index contributed by atoms with van der Waals surface area (Å²) in [4.78, 5) is 20.5. The van der Waals surface area contributed by atoms with Crippen LogP contribution in [0.5, 0.6) is 0 Å². The third kappa shape index (κ3) is 7.18. The smallest absolute Gasteiger partial charge is 0.313 e. The van der Waals surface area contributed by atoms with E-state index in [1.165, 1.54) is 18.9 Å². The van der Waals surface area contributed by atoms with Gasteiger partial charge in [0, 0.05) is 5.75 Å². The first-order valence-corrected chi connectivity index (χ1v) is 4.18. The fourth-order valence-corrected chi connectivity index (χ4v) is 1.05. The van der Waals surface area contributed by atoms with E-state index in [1.807, 2.05) is 0 Å². The number of esters is 1. The maximum atomic E-state index is 10.5. The van der Waals surface area contributed by atoms with Crippen molar-refractivity contribution in [2.24, 2.45) is 0 Å². The molecule has 4 nitrogen and oxygen atoms in total. The Bertz CT molecular complexity index is 146. The number of carbonyl (C=O) groups excluding carboxylic acids is 1. The third-order valence-corrected chi connectivity index (χ3v) is 1.85. The molecule has 0 atom stereocenters. The molecule has 11 heavy (non-hydrogen) atoms. The number of methoxy groups -OCH3 is 1. The van der Waals surface area contributed by atoms with Crippen LogP contribution in [-0.2, 0) is 14.3 Å². The predicted octanol–water partition coefficient (Wildman–Crippen LogP) is 0.367. The van der Waals surface area contributed by atoms with Crippen LogP contribution in [0.2, 0.25) is 0 Å². The van der Waals surface area contributed by atoms with Crippen molar-refractivity contribution in [3.8, 4) is 0 Å². The molecule has 0 aromatic carbocycles. The minimum absolute atomic E-state index is 0.0387. The molecule has 0 aliphatic heterocycles. The fourth-order valence-electron chi connectivity index (χ4n) is 0.417. The number of hydrogen-bond donors (Lipinski definition) is 1. The second-order valence-electron chi connectivity index (χ2n) is 1.77. The summed E-state index contributed by atoms with van der Waals surface area (Å²) in [5.74, 6) is -0.626. The maximum Gasteiger partial charge on any atom is 0.313 e. The van der Waals surface area contributed by atoms with Crippen LogP contribution < -0.4 is 0 Å². The lowest BCUT2D eigenvalue weighted by Crippen LogP contribution is -2.04. The molecular weight excluding hydrogens is 168 g/mol. The number of thioether (sulfide) groups is 1. The van der Waals surface area contributed by atoms with Crippen LogP contribution in [-0.4, -0.2) is 35.7 Å². The Morgan fingerprint density at radius 1 is 1.55 bits per heavy atom. The Hall–Kier alpha value is -0.710. The molecule has 0 aliphatic carbocycles. The van der Waals surface area contributed by atoms with Crippen LogP contribution in [0.1, 0.15) is 6.42 Å². The molecule has 0 saturated heterocycles. The number of carbonyl (C=O) groups is 2. The Labute approximate surface area is 68.9 Å². The molecule has 0 aliphatic rings. The van der Waals surface area contributed by atoms with E-state index in [0.29, 0.717) is 5.75 Å². The molecule has 0 amide bonds. The highest BCUT2D eigenvalue weighted by atomic mass is 32.2. The van der Waals surface area contributed by atoms with Gasteiger partial charge in [-0.1, -0.05) is 0 Å². The number of carboxylic acids is 1. The topological polar surface area (TPSA) is 63.6 Å². The monoisotopic (exact) mass is 178 g/mol. The zero-order valence-electron chi connectivity index (χ0n) is 6.20. The highest BCUT2D eigenvalue weighted by Gasteiger charge is 2.01. The van der Waals surface area contributed by atoms with Gasteiger partial charge in [-0.25, -0.2) is 0 Å². The first-order valence-electron chi connectivity index (χ1n) is 3.03. The maximum absolute atomic E-state index is 10.5. The quantitative estimate of drug-likeness (QED) is 0.486. The van der Waals surface area contributed by atoms with E-state index in [0.717, 1.165) is 0 Å². The van der Waals surface area contributed by atoms with Gasteiger partial charge in [-0.15, -0.1) is 11.8 Å². The van der Waals surface area contributed by atoms with Gasteiger partial charge >= 0.3 is 11.9 Å². The van der Waals surface area contributed by atoms with Crippen molar-refractivity contribution < 1.29 is 19.4 Å². The zero-order chi connectivity index (χ0) is 8.69. The van der Waals surface area contributed by atoms with Gasteiger partial charge in [-0.2, -0.15) is 0 Å². The number of aliphatic carboxylic acids is 1. The largest absolute Gasteiger partial charge is 0.481 e. The molecule has 0 rings (SSSR count). The summed E-state index contributed by atoms with van der Waals surface area (Å²) in [7, 11) is 1.31. The van der Waals surface area contributed by atoms with E-state index in [2.05, 4.69) is 4.74 Å². The summed E-state index contributed by atoms with van der Waals surface area (Å²) in [5.41, 5.74) is 0. The molecule has 0 aromatic heterocycles. The van der Waals surface area contributed by atoms with Crippen LogP contribution in [0.3, 0.4) is 0 Å². The number of ether oxygens (including phenoxy) is 1. The average Bonchev–Trinajstić information content (AvgIpc) is 1.97. The van der Waals surface area contributed by atoms with Crippen molar-refractivity contribution >= 4 is 23.7 Å². The number of rotatable bonds is 5. The third-order valence-electron chi connectivity index (χ3n) is 0.904. The van der Waals surface area contributed by atoms with Gasteiger partial charge in [0.05, 0.1) is 19.3 Å². The summed E-state index contributed by atoms with van der Waals surface area (Å²) >= 11 is 1.20. The SMILES string of the molecule is COC(=O)CCSCC(=O)O. The van der Waals surface area contributed by atoms with Crippen molar-refractivity contribution in [2.45, 2.75) is 6.42 Å². The molecule has 0 unspecified atom stereocenters. The van der Waals surface area contributed by atoms with E-state index in [9.17, 15) is 9.59 Å². The van der Waals surface area contributed by atoms with Gasteiger partial charge in [0.25, 0.3) is 0 Å². The predicted molar refractivity (Wildman–Crippen MR) is 41.6 cm³/mol. The molecular formula is C6H10O4S. The fraction of sp³-hybridized carbons (Fsp3) is 0.667. The molecule has 0 fully saturated rings. The van der Waals surface area contributed by atoms with Crippen molar-refractivity contribution in [3.63, 3.8) is 0 Å². The van der Waals surface area contributed by atoms with Gasteiger partial charge < -0.3 is 9.84 Å². The molecule has 1 N–H and O–H groups in total. The summed E-state index contributed by atoms with van der Waals surface area (Å²) in [6.07, 6.45) is 0.272. The van der Waals surface area contributed by atoms with Crippen molar-refractivity contribution in [3.05, 3.63) is 0 Å². The average molecular weight is 178 g/mol. The van der Waals surface area contributed by atoms with E-state index in [4.69, 9.17) is 5.11 Å². The lowest BCUT2D eigenvalue weighted by molar-refractivity contribution is -0.140. The van der Waals surface area contributed by atoms with Gasteiger partial charge in [-0.3, -0.25) is 9.59 Å². The molecule has 0 aromatic rings. The van der Waals surface area contributed by atoms with E-state index >= 15 is 0 Å². The molecule has 0 heterocycles. The molecule has 0 spiro atoms. The Morgan fingerprint density at radius 3 is 2.64 bits per heavy atom. The summed E-state index contributed by atoms with van der Waals surface area (Å²) in [6, 6.07) is 0. The van der Waals surface area contributed by atoms with E-state index < -0.39 is 5.97 Å². The van der Waals surface area contributed by atoms with Crippen LogP contribution in [0, 0.1) is 0 Å². The molecule has 0 saturated carbocycles. The summed E-state index contributed by atoms with van der Waals surface area (Å²) in [5, 5.41) is 8.20. The van der Waals surface area contributed by atoms with Crippen molar-refractivity contribution in [1.29, 1.82) is 0 Å². The first-order chi connectivity index (χ1) is 5.16. The molecule has 64 valence electrons. The normalized spacial score (nSPS) is 9.18. The van der Waals surface area contributed by atoms with Crippen LogP contribution in [0.4, 0.5) is 0 Å². The van der Waals surface area contributed by atoms with Gasteiger partial charge in [0.1, 0.15) is 0 Å². The van der Waals surface area contributed by atoms with Gasteiger partial charge in [0.15, 0.2) is 0 Å². The molecule has 0 bridgehead atoms. The lowest BCUT2D eigenvalue weighted by atomic mass is 10.5. The van der Waals surface area contributed by atoms with Gasteiger partial charge in [0.2, 0.25) is 0 Å². The Kier molecular flexibility index (Phi) is 5.64. The minimum Gasteiger partial charge on any atom is -0.481 e. The van der Waals surface area contributed by atoms with Crippen molar-refractivity contribution in [2.75, 3.05) is 18.6 Å². The second kappa shape index (κ2) is 6.03.